The number of nitrogens with one attached hydrogen (secondary N) is 2. The van der Waals surface area contributed by atoms with Crippen molar-refractivity contribution in [3.05, 3.63) is 44.0 Å². The molecule has 1 aromatic carbocycles. The van der Waals surface area contributed by atoms with E-state index in [0.29, 0.717) is 10.2 Å². The minimum absolute atomic E-state index is 0.155. The van der Waals surface area contributed by atoms with Crippen LogP contribution in [0.5, 0.6) is 0 Å². The third-order valence-electron chi connectivity index (χ3n) is 2.25. The van der Waals surface area contributed by atoms with E-state index >= 15 is 0 Å². The Morgan fingerprint density at radius 3 is 2.79 bits per heavy atom. The van der Waals surface area contributed by atoms with Crippen LogP contribution in [0, 0.1) is 3.57 Å². The first-order valence-electron chi connectivity index (χ1n) is 5.02. The van der Waals surface area contributed by atoms with Gasteiger partial charge in [0.05, 0.1) is 12.0 Å². The highest BCUT2D eigenvalue weighted by Gasteiger charge is 2.20. The molecule has 98 valence electrons. The highest BCUT2D eigenvalue weighted by Crippen LogP contribution is 2.25. The predicted molar refractivity (Wildman–Crippen MR) is 80.4 cm³/mol. The number of carbonyl (C=O) groups is 2. The number of hydrogen-bond donors (Lipinski definition) is 3. The van der Waals surface area contributed by atoms with Crippen molar-refractivity contribution in [3.8, 4) is 0 Å². The number of rotatable bonds is 3. The lowest BCUT2D eigenvalue weighted by Crippen LogP contribution is -2.16. The van der Waals surface area contributed by atoms with Crippen LogP contribution in [0.15, 0.2) is 29.0 Å². The van der Waals surface area contributed by atoms with Gasteiger partial charge < -0.3 is 15.4 Å². The van der Waals surface area contributed by atoms with Crippen molar-refractivity contribution in [2.75, 3.05) is 5.32 Å². The molecule has 0 saturated heterocycles. The molecule has 0 aliphatic carbocycles. The average molecular weight is 436 g/mol. The summed E-state index contributed by atoms with van der Waals surface area (Å²) in [4.78, 5) is 29.0. The van der Waals surface area contributed by atoms with Crippen LogP contribution in [0.3, 0.4) is 0 Å². The molecule has 0 atom stereocenters. The summed E-state index contributed by atoms with van der Waals surface area (Å²) in [6, 6.07) is 5.37. The Kier molecular flexibility index (Phi) is 4.20. The van der Waals surface area contributed by atoms with Crippen LogP contribution < -0.4 is 5.32 Å². The summed E-state index contributed by atoms with van der Waals surface area (Å²) in [6.07, 6.45) is 1.17. The summed E-state index contributed by atoms with van der Waals surface area (Å²) < 4.78 is 1.72. The van der Waals surface area contributed by atoms with Crippen molar-refractivity contribution < 1.29 is 14.7 Å². The van der Waals surface area contributed by atoms with E-state index in [-0.39, 0.29) is 11.4 Å². The molecule has 1 amide bonds. The molecule has 3 N–H and O–H groups in total. The predicted octanol–water partition coefficient (Wildman–Crippen LogP) is 2.73. The molecule has 1 aromatic heterocycles. The Labute approximate surface area is 129 Å². The van der Waals surface area contributed by atoms with E-state index in [1.54, 1.807) is 6.07 Å². The van der Waals surface area contributed by atoms with Crippen molar-refractivity contribution in [2.24, 2.45) is 0 Å². The first-order chi connectivity index (χ1) is 8.99. The number of carboxylic acids is 1. The molecule has 2 aromatic rings. The number of H-pyrrole nitrogens is 1. The van der Waals surface area contributed by atoms with Gasteiger partial charge in [0.15, 0.2) is 11.4 Å². The minimum Gasteiger partial charge on any atom is -0.477 e. The van der Waals surface area contributed by atoms with Crippen molar-refractivity contribution in [3.63, 3.8) is 0 Å². The molecule has 1 heterocycles. The zero-order valence-electron chi connectivity index (χ0n) is 9.28. The standard InChI is InChI=1S/C11H7BrIN3O3/c12-6-3-5(13)1-2-7(6)16-10(17)8-9(11(18)19)15-4-14-8/h1-4H,(H,14,15)(H,16,17)(H,18,19). The van der Waals surface area contributed by atoms with Gasteiger partial charge in [-0.1, -0.05) is 0 Å². The first-order valence-corrected chi connectivity index (χ1v) is 6.89. The van der Waals surface area contributed by atoms with E-state index in [1.165, 1.54) is 6.33 Å². The molecule has 0 fully saturated rings. The molecular weight excluding hydrogens is 429 g/mol. The van der Waals surface area contributed by atoms with E-state index in [1.807, 2.05) is 12.1 Å². The average Bonchev–Trinajstić information content (AvgIpc) is 2.82. The molecule has 8 heteroatoms. The zero-order chi connectivity index (χ0) is 14.0. The largest absolute Gasteiger partial charge is 0.477 e. The van der Waals surface area contributed by atoms with Crippen molar-refractivity contribution in [2.45, 2.75) is 0 Å². The molecule has 0 unspecified atom stereocenters. The molecule has 2 rings (SSSR count). The van der Waals surface area contributed by atoms with E-state index in [4.69, 9.17) is 5.11 Å². The number of benzene rings is 1. The van der Waals surface area contributed by atoms with Gasteiger partial charge in [-0.25, -0.2) is 9.78 Å². The number of aromatic amines is 1. The SMILES string of the molecule is O=C(Nc1ccc(I)cc1Br)c1nc[nH]c1C(=O)O. The Balaban J connectivity index is 2.26. The van der Waals surface area contributed by atoms with E-state index in [9.17, 15) is 9.59 Å². The van der Waals surface area contributed by atoms with Gasteiger partial charge in [0.2, 0.25) is 0 Å². The van der Waals surface area contributed by atoms with Gasteiger partial charge >= 0.3 is 5.97 Å². The van der Waals surface area contributed by atoms with Gasteiger partial charge in [-0.2, -0.15) is 0 Å². The smallest absolute Gasteiger partial charge is 0.354 e. The second-order valence-corrected chi connectivity index (χ2v) is 5.61. The molecule has 0 saturated carbocycles. The van der Waals surface area contributed by atoms with Crippen LogP contribution >= 0.6 is 38.5 Å². The number of carboxylic acid groups (broad SMARTS) is 1. The van der Waals surface area contributed by atoms with Crippen molar-refractivity contribution in [1.82, 2.24) is 9.97 Å². The Morgan fingerprint density at radius 1 is 1.42 bits per heavy atom. The summed E-state index contributed by atoms with van der Waals surface area (Å²) >= 11 is 5.46. The zero-order valence-corrected chi connectivity index (χ0v) is 13.0. The maximum absolute atomic E-state index is 12.0. The highest BCUT2D eigenvalue weighted by atomic mass is 127. The summed E-state index contributed by atoms with van der Waals surface area (Å²) in [5.41, 5.74) is 0.154. The molecule has 0 bridgehead atoms. The Bertz CT molecular complexity index is 656. The summed E-state index contributed by atoms with van der Waals surface area (Å²) in [5.74, 6) is -1.81. The van der Waals surface area contributed by atoms with Crippen molar-refractivity contribution in [1.29, 1.82) is 0 Å². The second kappa shape index (κ2) is 5.70. The van der Waals surface area contributed by atoms with Crippen molar-refractivity contribution >= 4 is 56.1 Å². The van der Waals surface area contributed by atoms with Gasteiger partial charge in [-0.15, -0.1) is 0 Å². The summed E-state index contributed by atoms with van der Waals surface area (Å²) in [5, 5.41) is 11.5. The number of halogens is 2. The number of imidazole rings is 1. The maximum Gasteiger partial charge on any atom is 0.354 e. The lowest BCUT2D eigenvalue weighted by molar-refractivity contribution is 0.0686. The van der Waals surface area contributed by atoms with Gasteiger partial charge in [0.1, 0.15) is 0 Å². The molecular formula is C11H7BrIN3O3. The number of aromatic carboxylic acids is 1. The number of amides is 1. The molecule has 19 heavy (non-hydrogen) atoms. The number of aromatic nitrogens is 2. The van der Waals surface area contributed by atoms with Crippen LogP contribution in [-0.2, 0) is 0 Å². The summed E-state index contributed by atoms with van der Waals surface area (Å²) in [6.45, 7) is 0. The van der Waals surface area contributed by atoms with Gasteiger partial charge in [-0.05, 0) is 56.7 Å². The number of carbonyl (C=O) groups excluding carboxylic acids is 1. The fourth-order valence-corrected chi connectivity index (χ4v) is 2.80. The maximum atomic E-state index is 12.0. The first kappa shape index (κ1) is 14.0. The molecule has 0 radical (unpaired) electrons. The van der Waals surface area contributed by atoms with Crippen LogP contribution in [0.1, 0.15) is 21.0 Å². The second-order valence-electron chi connectivity index (χ2n) is 3.51. The van der Waals surface area contributed by atoms with Crippen LogP contribution in [-0.4, -0.2) is 27.0 Å². The van der Waals surface area contributed by atoms with Crippen LogP contribution in [0.25, 0.3) is 0 Å². The van der Waals surface area contributed by atoms with Crippen LogP contribution in [0.2, 0.25) is 0 Å². The normalized spacial score (nSPS) is 10.2. The van der Waals surface area contributed by atoms with E-state index in [2.05, 4.69) is 53.8 Å². The molecule has 0 aliphatic heterocycles. The number of nitrogens with zero attached hydrogens (tertiary/aromatic N) is 1. The molecule has 0 spiro atoms. The van der Waals surface area contributed by atoms with Gasteiger partial charge in [-0.3, -0.25) is 4.79 Å². The van der Waals surface area contributed by atoms with E-state index < -0.39 is 11.9 Å². The topological polar surface area (TPSA) is 95.1 Å². The van der Waals surface area contributed by atoms with Gasteiger partial charge in [0.25, 0.3) is 5.91 Å². The van der Waals surface area contributed by atoms with E-state index in [0.717, 1.165) is 3.57 Å². The molecule has 0 aliphatic rings. The minimum atomic E-state index is -1.23. The Hall–Kier alpha value is -1.42. The quantitative estimate of drug-likeness (QED) is 0.646. The third kappa shape index (κ3) is 3.13. The third-order valence-corrected chi connectivity index (χ3v) is 3.57. The fraction of sp³-hybridized carbons (Fsp3) is 0. The van der Waals surface area contributed by atoms with Crippen LogP contribution in [0.4, 0.5) is 5.69 Å². The highest BCUT2D eigenvalue weighted by molar-refractivity contribution is 14.1. The Morgan fingerprint density at radius 2 is 2.16 bits per heavy atom. The van der Waals surface area contributed by atoms with Gasteiger partial charge in [0, 0.05) is 8.04 Å². The molecule has 6 nitrogen and oxygen atoms in total. The summed E-state index contributed by atoms with van der Waals surface area (Å²) in [7, 11) is 0. The lowest BCUT2D eigenvalue weighted by Gasteiger charge is -2.06. The monoisotopic (exact) mass is 435 g/mol. The number of anilines is 1. The fourth-order valence-electron chi connectivity index (χ4n) is 1.40. The number of hydrogen-bond acceptors (Lipinski definition) is 3. The lowest BCUT2D eigenvalue weighted by atomic mass is 10.2.